The molecule has 0 radical (unpaired) electrons. The van der Waals surface area contributed by atoms with Gasteiger partial charge in [0.2, 0.25) is 0 Å². The first-order valence-corrected chi connectivity index (χ1v) is 11.1. The number of nitrogens with two attached hydrogens (primary N) is 1. The molecule has 1 heterocycles. The Morgan fingerprint density at radius 2 is 1.85 bits per heavy atom. The van der Waals surface area contributed by atoms with Crippen LogP contribution in [0.2, 0.25) is 0 Å². The second-order valence-corrected chi connectivity index (χ2v) is 8.15. The van der Waals surface area contributed by atoms with Crippen molar-refractivity contribution in [3.05, 3.63) is 76.9 Å². The normalized spacial score (nSPS) is 12.4. The lowest BCUT2D eigenvalue weighted by Gasteiger charge is -2.21. The Kier molecular flexibility index (Phi) is 7.02. The number of hydrogen-bond acceptors (Lipinski definition) is 6. The van der Waals surface area contributed by atoms with Gasteiger partial charge >= 0.3 is 0 Å². The zero-order chi connectivity index (χ0) is 23.4. The Hall–Kier alpha value is -3.28. The van der Waals surface area contributed by atoms with E-state index in [1.807, 2.05) is 41.3 Å². The molecule has 8 heteroatoms. The van der Waals surface area contributed by atoms with Gasteiger partial charge in [-0.25, -0.2) is 0 Å². The van der Waals surface area contributed by atoms with E-state index in [-0.39, 0.29) is 5.91 Å². The van der Waals surface area contributed by atoms with Crippen LogP contribution in [0.1, 0.15) is 27.0 Å². The lowest BCUT2D eigenvalue weighted by molar-refractivity contribution is 0.0989. The molecular formula is C25H28N3O4P. The topological polar surface area (TPSA) is 86.0 Å². The zero-order valence-electron chi connectivity index (χ0n) is 18.8. The fraction of sp³-hybridized carbons (Fsp3) is 0.240. The molecular weight excluding hydrogens is 437 g/mol. The van der Waals surface area contributed by atoms with E-state index in [9.17, 15) is 4.79 Å². The van der Waals surface area contributed by atoms with Crippen molar-refractivity contribution in [3.8, 4) is 11.5 Å². The van der Waals surface area contributed by atoms with Crippen molar-refractivity contribution < 1.29 is 18.8 Å². The van der Waals surface area contributed by atoms with Gasteiger partial charge in [0.15, 0.2) is 11.5 Å². The third-order valence-electron chi connectivity index (χ3n) is 5.66. The molecule has 4 rings (SSSR count). The molecule has 1 atom stereocenters. The molecule has 3 N–H and O–H groups in total. The van der Waals surface area contributed by atoms with Crippen molar-refractivity contribution in [1.82, 2.24) is 0 Å². The second-order valence-electron chi connectivity index (χ2n) is 7.82. The predicted octanol–water partition coefficient (Wildman–Crippen LogP) is 4.41. The molecule has 0 saturated heterocycles. The summed E-state index contributed by atoms with van der Waals surface area (Å²) in [6, 6.07) is 17.2. The fourth-order valence-corrected chi connectivity index (χ4v) is 4.32. The van der Waals surface area contributed by atoms with E-state index in [0.717, 1.165) is 23.2 Å². The number of carbonyl (C=O) groups is 1. The van der Waals surface area contributed by atoms with E-state index in [2.05, 4.69) is 20.8 Å². The summed E-state index contributed by atoms with van der Waals surface area (Å²) in [5.74, 6) is 0.945. The maximum Gasteiger partial charge on any atom is 0.260 e. The van der Waals surface area contributed by atoms with Crippen LogP contribution in [0, 0.1) is 0 Å². The van der Waals surface area contributed by atoms with Crippen LogP contribution in [0.25, 0.3) is 0 Å². The predicted molar refractivity (Wildman–Crippen MR) is 134 cm³/mol. The Morgan fingerprint density at radius 3 is 2.58 bits per heavy atom. The number of benzene rings is 3. The third kappa shape index (κ3) is 4.90. The number of nitrogen functional groups attached to an aromatic ring is 1. The van der Waals surface area contributed by atoms with E-state index in [4.69, 9.17) is 19.7 Å². The summed E-state index contributed by atoms with van der Waals surface area (Å²) in [5.41, 5.74) is 11.9. The van der Waals surface area contributed by atoms with Crippen molar-refractivity contribution in [3.63, 3.8) is 0 Å². The van der Waals surface area contributed by atoms with Crippen molar-refractivity contribution in [1.29, 1.82) is 0 Å². The van der Waals surface area contributed by atoms with E-state index >= 15 is 0 Å². The van der Waals surface area contributed by atoms with Gasteiger partial charge in [-0.3, -0.25) is 4.79 Å². The number of anilines is 3. The molecule has 1 aliphatic heterocycles. The number of methoxy groups -OCH3 is 1. The van der Waals surface area contributed by atoms with Gasteiger partial charge in [0.1, 0.15) is 6.61 Å². The summed E-state index contributed by atoms with van der Waals surface area (Å²) in [4.78, 5) is 15.3. The maximum absolute atomic E-state index is 13.4. The summed E-state index contributed by atoms with van der Waals surface area (Å²) in [6.45, 7) is 1.38. The molecule has 3 aromatic carbocycles. The molecule has 172 valence electrons. The number of fused-ring (bicyclic) bond motifs is 1. The number of carbonyl (C=O) groups excluding carboxylic acids is 1. The van der Waals surface area contributed by atoms with Crippen LogP contribution < -0.4 is 25.4 Å². The zero-order valence-corrected chi connectivity index (χ0v) is 19.9. The van der Waals surface area contributed by atoms with E-state index in [0.29, 0.717) is 48.2 Å². The Balaban J connectivity index is 1.60. The summed E-state index contributed by atoms with van der Waals surface area (Å²) in [6.07, 6.45) is 0.846. The highest BCUT2D eigenvalue weighted by molar-refractivity contribution is 7.09. The molecule has 3 aromatic rings. The molecule has 1 amide bonds. The van der Waals surface area contributed by atoms with Gasteiger partial charge in [-0.1, -0.05) is 18.2 Å². The first-order valence-electron chi connectivity index (χ1n) is 10.7. The van der Waals surface area contributed by atoms with Crippen LogP contribution in [-0.4, -0.2) is 26.6 Å². The molecule has 33 heavy (non-hydrogen) atoms. The van der Waals surface area contributed by atoms with Crippen LogP contribution in [0.15, 0.2) is 54.6 Å². The van der Waals surface area contributed by atoms with Crippen LogP contribution >= 0.6 is 9.47 Å². The molecule has 1 unspecified atom stereocenters. The molecule has 0 fully saturated rings. The number of amides is 1. The van der Waals surface area contributed by atoms with Gasteiger partial charge in [0, 0.05) is 40.5 Å². The van der Waals surface area contributed by atoms with Crippen molar-refractivity contribution >= 4 is 32.4 Å². The lowest BCUT2D eigenvalue weighted by atomic mass is 10.1. The van der Waals surface area contributed by atoms with Crippen molar-refractivity contribution in [2.75, 3.05) is 36.7 Å². The molecule has 0 saturated carbocycles. The highest BCUT2D eigenvalue weighted by Crippen LogP contribution is 2.37. The Morgan fingerprint density at radius 1 is 1.09 bits per heavy atom. The van der Waals surface area contributed by atoms with E-state index in [1.54, 1.807) is 26.3 Å². The van der Waals surface area contributed by atoms with Gasteiger partial charge in [0.05, 0.1) is 25.0 Å². The summed E-state index contributed by atoms with van der Waals surface area (Å²) >= 11 is 0. The minimum atomic E-state index is -0.0768. The largest absolute Gasteiger partial charge is 0.493 e. The molecule has 0 aliphatic carbocycles. The number of para-hydroxylation sites is 1. The monoisotopic (exact) mass is 465 g/mol. The van der Waals surface area contributed by atoms with Gasteiger partial charge in [-0.2, -0.15) is 0 Å². The second kappa shape index (κ2) is 10.1. The van der Waals surface area contributed by atoms with Gasteiger partial charge in [0.25, 0.3) is 5.91 Å². The van der Waals surface area contributed by atoms with Crippen LogP contribution in [0.4, 0.5) is 17.1 Å². The molecule has 0 aromatic heterocycles. The number of nitrogens with zero attached hydrogens (tertiary/aromatic N) is 1. The minimum absolute atomic E-state index is 0.0768. The summed E-state index contributed by atoms with van der Waals surface area (Å²) in [7, 11) is 5.58. The number of hydrogen-bond donors (Lipinski definition) is 2. The smallest absolute Gasteiger partial charge is 0.260 e. The minimum Gasteiger partial charge on any atom is -0.493 e. The van der Waals surface area contributed by atoms with Crippen LogP contribution in [-0.2, 0) is 24.2 Å². The highest BCUT2D eigenvalue weighted by atomic mass is 31.0. The van der Waals surface area contributed by atoms with Crippen molar-refractivity contribution in [2.24, 2.45) is 0 Å². The maximum atomic E-state index is 13.4. The van der Waals surface area contributed by atoms with Gasteiger partial charge in [-0.15, -0.1) is 0 Å². The average Bonchev–Trinajstić information content (AvgIpc) is 3.26. The SMILES string of the molecule is CNc1cc(OCc2cc(N)cc(COP)c2)c(OC)cc1C(=O)N1CCc2ccccc21. The lowest BCUT2D eigenvalue weighted by Crippen LogP contribution is -2.29. The van der Waals surface area contributed by atoms with Crippen LogP contribution in [0.5, 0.6) is 11.5 Å². The molecule has 1 aliphatic rings. The summed E-state index contributed by atoms with van der Waals surface area (Å²) < 4.78 is 16.8. The van der Waals surface area contributed by atoms with Crippen molar-refractivity contribution in [2.45, 2.75) is 19.6 Å². The van der Waals surface area contributed by atoms with E-state index in [1.165, 1.54) is 5.56 Å². The molecule has 7 nitrogen and oxygen atoms in total. The Labute approximate surface area is 196 Å². The average molecular weight is 465 g/mol. The van der Waals surface area contributed by atoms with Gasteiger partial charge in [-0.05, 0) is 53.4 Å². The third-order valence-corrected chi connectivity index (χ3v) is 5.82. The number of nitrogens with one attached hydrogen (secondary N) is 1. The molecule has 0 spiro atoms. The van der Waals surface area contributed by atoms with Crippen LogP contribution in [0.3, 0.4) is 0 Å². The molecule has 0 bridgehead atoms. The standard InChI is InChI=1S/C25H28N3O4P/c1-27-21-13-24(31-14-16-9-17(15-32-33)11-19(26)10-16)23(30-2)12-20(21)25(29)28-8-7-18-5-3-4-6-22(18)28/h3-6,9-13,27H,7-8,14-15,26,33H2,1-2H3. The summed E-state index contributed by atoms with van der Waals surface area (Å²) in [5, 5.41) is 3.13. The first-order chi connectivity index (χ1) is 16.0. The Bertz CT molecular complexity index is 1170. The fourth-order valence-electron chi connectivity index (χ4n) is 4.13. The number of rotatable bonds is 8. The van der Waals surface area contributed by atoms with Gasteiger partial charge < -0.3 is 29.9 Å². The highest BCUT2D eigenvalue weighted by Gasteiger charge is 2.28. The quantitative estimate of drug-likeness (QED) is 0.379. The van der Waals surface area contributed by atoms with E-state index < -0.39 is 0 Å². The first kappa shape index (κ1) is 22.9. The number of ether oxygens (including phenoxy) is 2.